The minimum atomic E-state index is 0.142. The average molecular weight is 491 g/mol. The van der Waals surface area contributed by atoms with Crippen LogP contribution in [0.15, 0.2) is 65.2 Å². The van der Waals surface area contributed by atoms with Crippen molar-refractivity contribution in [2.45, 2.75) is 48.0 Å². The first kappa shape index (κ1) is 22.9. The fourth-order valence-electron chi connectivity index (χ4n) is 5.39. The molecule has 3 heterocycles. The summed E-state index contributed by atoms with van der Waals surface area (Å²) in [6.07, 6.45) is 3.02. The molecule has 36 heavy (non-hydrogen) atoms. The Balaban J connectivity index is 1.59. The van der Waals surface area contributed by atoms with Gasteiger partial charge >= 0.3 is 0 Å². The van der Waals surface area contributed by atoms with Crippen LogP contribution in [-0.4, -0.2) is 9.97 Å². The van der Waals surface area contributed by atoms with E-state index in [2.05, 4.69) is 95.4 Å². The van der Waals surface area contributed by atoms with Gasteiger partial charge in [-0.2, -0.15) is 0 Å². The third-order valence-electron chi connectivity index (χ3n) is 6.87. The van der Waals surface area contributed by atoms with Crippen LogP contribution in [0, 0.1) is 26.2 Å². The zero-order valence-corrected chi connectivity index (χ0v) is 22.5. The largest absolute Gasteiger partial charge is 0.453 e. The average Bonchev–Trinajstić information content (AvgIpc) is 3.38. The topological polar surface area (TPSA) is 38.9 Å². The molecule has 0 spiro atoms. The molecule has 6 aromatic rings. The van der Waals surface area contributed by atoms with Crippen molar-refractivity contribution < 1.29 is 4.42 Å². The molecule has 0 aliphatic heterocycles. The van der Waals surface area contributed by atoms with Gasteiger partial charge in [0, 0.05) is 28.1 Å². The molecule has 0 amide bonds. The highest BCUT2D eigenvalue weighted by molar-refractivity contribution is 7.18. The van der Waals surface area contributed by atoms with Crippen molar-refractivity contribution in [2.24, 2.45) is 5.41 Å². The predicted octanol–water partition coefficient (Wildman–Crippen LogP) is 9.44. The van der Waals surface area contributed by atoms with E-state index in [0.29, 0.717) is 0 Å². The van der Waals surface area contributed by atoms with E-state index >= 15 is 0 Å². The first-order valence-corrected chi connectivity index (χ1v) is 13.3. The van der Waals surface area contributed by atoms with Gasteiger partial charge in [-0.15, -0.1) is 11.3 Å². The lowest BCUT2D eigenvalue weighted by Crippen LogP contribution is -2.11. The summed E-state index contributed by atoms with van der Waals surface area (Å²) in [6, 6.07) is 19.5. The third-order valence-corrected chi connectivity index (χ3v) is 7.80. The summed E-state index contributed by atoms with van der Waals surface area (Å²) in [5, 5.41) is 3.26. The van der Waals surface area contributed by atoms with Crippen molar-refractivity contribution >= 4 is 43.5 Å². The van der Waals surface area contributed by atoms with E-state index in [-0.39, 0.29) is 5.41 Å². The maximum Gasteiger partial charge on any atom is 0.162 e. The van der Waals surface area contributed by atoms with Gasteiger partial charge in [0.05, 0.1) is 15.4 Å². The summed E-state index contributed by atoms with van der Waals surface area (Å²) in [7, 11) is 0. The summed E-state index contributed by atoms with van der Waals surface area (Å²) in [6.45, 7) is 13.3. The van der Waals surface area contributed by atoms with Gasteiger partial charge in [0.2, 0.25) is 0 Å². The molecule has 0 atom stereocenters. The normalized spacial score (nSPS) is 12.3. The molecule has 0 bridgehead atoms. The van der Waals surface area contributed by atoms with Crippen LogP contribution in [0.1, 0.15) is 42.5 Å². The van der Waals surface area contributed by atoms with E-state index in [1.54, 1.807) is 11.3 Å². The highest BCUT2D eigenvalue weighted by Crippen LogP contribution is 2.41. The summed E-state index contributed by atoms with van der Waals surface area (Å²) in [5.41, 5.74) is 11.2. The molecule has 0 saturated carbocycles. The third kappa shape index (κ3) is 3.81. The number of pyridine rings is 1. The number of benzene rings is 3. The second-order valence-electron chi connectivity index (χ2n) is 11.0. The van der Waals surface area contributed by atoms with Gasteiger partial charge in [-0.3, -0.25) is 4.98 Å². The predicted molar refractivity (Wildman–Crippen MR) is 153 cm³/mol. The lowest BCUT2D eigenvalue weighted by molar-refractivity contribution is 0.411. The molecule has 0 fully saturated rings. The number of nitrogens with zero attached hydrogens (tertiary/aromatic N) is 2. The van der Waals surface area contributed by atoms with Crippen molar-refractivity contribution in [3.05, 3.63) is 82.5 Å². The van der Waals surface area contributed by atoms with Gasteiger partial charge in [-0.1, -0.05) is 51.1 Å². The summed E-state index contributed by atoms with van der Waals surface area (Å²) in [4.78, 5) is 9.78. The fraction of sp³-hybridized carbons (Fsp3) is 0.250. The standard InChI is InChI=1S/C32H30N2OS/c1-18-9-7-10-19(2)28(18)25-17-33-26(15-21(25)16-32(4,5)6)24-12-8-11-22-23-13-14-27-29(34-20(3)36-27)31(23)35-30(22)24/h7-15,17H,16H2,1-6H3. The molecule has 3 aromatic heterocycles. The van der Waals surface area contributed by atoms with Crippen LogP contribution in [-0.2, 0) is 6.42 Å². The van der Waals surface area contributed by atoms with Gasteiger partial charge in [-0.25, -0.2) is 4.98 Å². The molecule has 3 nitrogen and oxygen atoms in total. The van der Waals surface area contributed by atoms with E-state index in [1.165, 1.54) is 27.8 Å². The highest BCUT2D eigenvalue weighted by Gasteiger charge is 2.21. The van der Waals surface area contributed by atoms with Crippen molar-refractivity contribution in [1.29, 1.82) is 0 Å². The Morgan fingerprint density at radius 2 is 1.56 bits per heavy atom. The van der Waals surface area contributed by atoms with Gasteiger partial charge in [0.25, 0.3) is 0 Å². The zero-order chi connectivity index (χ0) is 25.2. The highest BCUT2D eigenvalue weighted by atomic mass is 32.1. The second-order valence-corrected chi connectivity index (χ2v) is 12.3. The lowest BCUT2D eigenvalue weighted by Gasteiger charge is -2.22. The second kappa shape index (κ2) is 8.28. The molecule has 0 aliphatic rings. The maximum absolute atomic E-state index is 6.56. The van der Waals surface area contributed by atoms with Crippen LogP contribution < -0.4 is 0 Å². The monoisotopic (exact) mass is 490 g/mol. The first-order chi connectivity index (χ1) is 17.2. The minimum absolute atomic E-state index is 0.142. The van der Waals surface area contributed by atoms with E-state index in [9.17, 15) is 0 Å². The van der Waals surface area contributed by atoms with Gasteiger partial charge in [-0.05, 0) is 79.1 Å². The van der Waals surface area contributed by atoms with E-state index in [4.69, 9.17) is 14.4 Å². The SMILES string of the molecule is Cc1nc2c(ccc3c4cccc(-c5cc(CC(C)(C)C)c(-c6c(C)cccc6C)cn5)c4oc32)s1. The maximum atomic E-state index is 6.56. The minimum Gasteiger partial charge on any atom is -0.453 e. The molecular weight excluding hydrogens is 460 g/mol. The van der Waals surface area contributed by atoms with Gasteiger partial charge in [0.15, 0.2) is 5.58 Å². The Hall–Kier alpha value is -3.50. The Labute approximate surface area is 215 Å². The molecule has 0 unspecified atom stereocenters. The molecule has 180 valence electrons. The molecule has 0 N–H and O–H groups in total. The van der Waals surface area contributed by atoms with Gasteiger partial charge < -0.3 is 4.42 Å². The van der Waals surface area contributed by atoms with Crippen LogP contribution in [0.4, 0.5) is 0 Å². The number of para-hydroxylation sites is 1. The van der Waals surface area contributed by atoms with Crippen molar-refractivity contribution in [1.82, 2.24) is 9.97 Å². The molecular formula is C32H30N2OS. The molecule has 0 saturated heterocycles. The number of hydrogen-bond donors (Lipinski definition) is 0. The van der Waals surface area contributed by atoms with Crippen molar-refractivity contribution in [3.63, 3.8) is 0 Å². The smallest absolute Gasteiger partial charge is 0.162 e. The number of furan rings is 1. The van der Waals surface area contributed by atoms with Crippen LogP contribution in [0.25, 0.3) is 54.5 Å². The summed E-state index contributed by atoms with van der Waals surface area (Å²) in [5.74, 6) is 0. The van der Waals surface area contributed by atoms with Gasteiger partial charge in [0.1, 0.15) is 11.1 Å². The molecule has 0 aliphatic carbocycles. The molecule has 6 rings (SSSR count). The van der Waals surface area contributed by atoms with E-state index in [0.717, 1.165) is 54.8 Å². The number of aromatic nitrogens is 2. The summed E-state index contributed by atoms with van der Waals surface area (Å²) < 4.78 is 7.72. The van der Waals surface area contributed by atoms with Crippen molar-refractivity contribution in [2.75, 3.05) is 0 Å². The Morgan fingerprint density at radius 3 is 2.31 bits per heavy atom. The lowest BCUT2D eigenvalue weighted by atomic mass is 9.83. The van der Waals surface area contributed by atoms with Crippen molar-refractivity contribution in [3.8, 4) is 22.4 Å². The van der Waals surface area contributed by atoms with Crippen LogP contribution in [0.2, 0.25) is 0 Å². The number of thiazole rings is 1. The Kier molecular flexibility index (Phi) is 5.27. The Morgan fingerprint density at radius 1 is 0.833 bits per heavy atom. The van der Waals surface area contributed by atoms with E-state index < -0.39 is 0 Å². The first-order valence-electron chi connectivity index (χ1n) is 12.5. The van der Waals surface area contributed by atoms with Crippen LogP contribution >= 0.6 is 11.3 Å². The van der Waals surface area contributed by atoms with Crippen LogP contribution in [0.3, 0.4) is 0 Å². The summed E-state index contributed by atoms with van der Waals surface area (Å²) >= 11 is 1.70. The Bertz CT molecular complexity index is 1760. The molecule has 0 radical (unpaired) electrons. The quantitative estimate of drug-likeness (QED) is 0.248. The number of rotatable bonds is 3. The molecule has 3 aromatic carbocycles. The number of aryl methyl sites for hydroxylation is 3. The molecule has 4 heteroatoms. The number of hydrogen-bond acceptors (Lipinski definition) is 4. The zero-order valence-electron chi connectivity index (χ0n) is 21.7. The number of fused-ring (bicyclic) bond motifs is 5. The fourth-order valence-corrected chi connectivity index (χ4v) is 6.21. The van der Waals surface area contributed by atoms with Crippen LogP contribution in [0.5, 0.6) is 0 Å². The van der Waals surface area contributed by atoms with E-state index in [1.807, 2.05) is 6.92 Å².